The first kappa shape index (κ1) is 23.1. The molecule has 0 saturated heterocycles. The van der Waals surface area contributed by atoms with Crippen LogP contribution in [0.25, 0.3) is 22.2 Å². The van der Waals surface area contributed by atoms with Crippen LogP contribution in [0.15, 0.2) is 65.7 Å². The molecular weight excluding hydrogens is 430 g/mol. The second-order valence-electron chi connectivity index (χ2n) is 9.06. The largest absolute Gasteiger partial charge is 0.480 e. The number of rotatable bonds is 7. The molecule has 0 aliphatic carbocycles. The third kappa shape index (κ3) is 4.99. The fourth-order valence-electron chi connectivity index (χ4n) is 3.89. The molecule has 2 aromatic carbocycles. The van der Waals surface area contributed by atoms with Gasteiger partial charge in [0.15, 0.2) is 0 Å². The quantitative estimate of drug-likeness (QED) is 0.325. The molecule has 0 fully saturated rings. The molecule has 172 valence electrons. The van der Waals surface area contributed by atoms with E-state index < -0.39 is 0 Å². The molecule has 4 aromatic rings. The summed E-state index contributed by atoms with van der Waals surface area (Å²) in [5.41, 5.74) is 11.5. The van der Waals surface area contributed by atoms with Crippen LogP contribution < -0.4 is 15.2 Å². The van der Waals surface area contributed by atoms with Crippen molar-refractivity contribution in [3.63, 3.8) is 0 Å². The molecule has 2 heterocycles. The molecule has 6 nitrogen and oxygen atoms in total. The summed E-state index contributed by atoms with van der Waals surface area (Å²) in [5, 5.41) is 0. The van der Waals surface area contributed by atoms with Gasteiger partial charge >= 0.3 is 0 Å². The second kappa shape index (κ2) is 9.45. The Labute approximate surface area is 199 Å². The third-order valence-corrected chi connectivity index (χ3v) is 6.64. The maximum atomic E-state index is 6.41. The van der Waals surface area contributed by atoms with E-state index in [-0.39, 0.29) is 11.6 Å². The Morgan fingerprint density at radius 3 is 2.52 bits per heavy atom. The van der Waals surface area contributed by atoms with Crippen LogP contribution in [-0.4, -0.2) is 27.2 Å². The third-order valence-electron chi connectivity index (χ3n) is 5.41. The molecule has 0 saturated carbocycles. The van der Waals surface area contributed by atoms with Gasteiger partial charge in [-0.25, -0.2) is 9.97 Å². The molecule has 0 unspecified atom stereocenters. The van der Waals surface area contributed by atoms with Crippen molar-refractivity contribution in [1.82, 2.24) is 19.3 Å². The highest BCUT2D eigenvalue weighted by atomic mass is 32.2. The molecule has 0 aliphatic heterocycles. The summed E-state index contributed by atoms with van der Waals surface area (Å²) in [6.45, 7) is 8.55. The maximum absolute atomic E-state index is 6.41. The highest BCUT2D eigenvalue weighted by Crippen LogP contribution is 2.35. The van der Waals surface area contributed by atoms with Gasteiger partial charge in [-0.05, 0) is 68.5 Å². The van der Waals surface area contributed by atoms with Crippen LogP contribution in [-0.2, 0) is 0 Å². The highest BCUT2D eigenvalue weighted by molar-refractivity contribution is 7.97. The van der Waals surface area contributed by atoms with Crippen molar-refractivity contribution >= 4 is 28.9 Å². The fourth-order valence-corrected chi connectivity index (χ4v) is 4.71. The van der Waals surface area contributed by atoms with Crippen LogP contribution in [0.3, 0.4) is 0 Å². The van der Waals surface area contributed by atoms with Gasteiger partial charge in [-0.2, -0.15) is 0 Å². The topological polar surface area (TPSA) is 78.0 Å². The van der Waals surface area contributed by atoms with Crippen LogP contribution in [0.4, 0.5) is 5.95 Å². The minimum absolute atomic E-state index is 0.0405. The molecule has 0 bridgehead atoms. The Morgan fingerprint density at radius 2 is 1.85 bits per heavy atom. The number of methoxy groups -OCH3 is 1. The minimum atomic E-state index is -0.0405. The van der Waals surface area contributed by atoms with Gasteiger partial charge in [0.2, 0.25) is 11.8 Å². The molecule has 0 spiro atoms. The van der Waals surface area contributed by atoms with Crippen molar-refractivity contribution in [1.29, 1.82) is 0 Å². The SMILES string of the molecule is CC[C@H](c1ccccc1)n1c(N)nc2ccc(-c3cnc(OC)c(SNC(C)(C)C)c3)cc21. The van der Waals surface area contributed by atoms with Gasteiger partial charge < -0.3 is 15.0 Å². The van der Waals surface area contributed by atoms with Crippen molar-refractivity contribution in [2.45, 2.75) is 50.6 Å². The van der Waals surface area contributed by atoms with Crippen molar-refractivity contribution in [3.05, 3.63) is 66.4 Å². The zero-order valence-electron chi connectivity index (χ0n) is 19.8. The van der Waals surface area contributed by atoms with E-state index in [1.807, 2.05) is 18.3 Å². The van der Waals surface area contributed by atoms with Crippen molar-refractivity contribution in [2.75, 3.05) is 12.8 Å². The number of nitrogens with one attached hydrogen (secondary N) is 1. The van der Waals surface area contributed by atoms with Gasteiger partial charge in [-0.3, -0.25) is 4.72 Å². The van der Waals surface area contributed by atoms with Gasteiger partial charge in [-0.15, -0.1) is 0 Å². The van der Waals surface area contributed by atoms with Crippen LogP contribution in [0.2, 0.25) is 0 Å². The summed E-state index contributed by atoms with van der Waals surface area (Å²) >= 11 is 1.53. The monoisotopic (exact) mass is 461 g/mol. The summed E-state index contributed by atoms with van der Waals surface area (Å²) < 4.78 is 11.1. The van der Waals surface area contributed by atoms with Gasteiger partial charge in [0.1, 0.15) is 0 Å². The molecule has 33 heavy (non-hydrogen) atoms. The zero-order chi connectivity index (χ0) is 23.6. The maximum Gasteiger partial charge on any atom is 0.228 e. The Bertz CT molecular complexity index is 1250. The normalized spacial score (nSPS) is 12.8. The zero-order valence-corrected chi connectivity index (χ0v) is 20.6. The predicted octanol–water partition coefficient (Wildman–Crippen LogP) is 6.08. The number of nitrogen functional groups attached to an aromatic ring is 1. The summed E-state index contributed by atoms with van der Waals surface area (Å²) in [4.78, 5) is 10.1. The van der Waals surface area contributed by atoms with Crippen LogP contribution in [0.5, 0.6) is 5.88 Å². The Balaban J connectivity index is 1.78. The molecule has 0 aliphatic rings. The summed E-state index contributed by atoms with van der Waals surface area (Å²) in [7, 11) is 1.64. The standard InChI is InChI=1S/C26H31N5OS/c1-6-21(17-10-8-7-9-11-17)31-22-14-18(12-13-20(22)29-25(31)27)19-15-23(24(32-5)28-16-19)33-30-26(2,3)4/h7-16,21,30H,6H2,1-5H3,(H2,27,29)/t21-/m1/s1. The number of benzene rings is 2. The van der Waals surface area contributed by atoms with Gasteiger partial charge in [0, 0.05) is 17.3 Å². The van der Waals surface area contributed by atoms with E-state index >= 15 is 0 Å². The Morgan fingerprint density at radius 1 is 1.09 bits per heavy atom. The predicted molar refractivity (Wildman–Crippen MR) is 138 cm³/mol. The Hall–Kier alpha value is -3.03. The second-order valence-corrected chi connectivity index (χ2v) is 9.91. The lowest BCUT2D eigenvalue weighted by atomic mass is 10.0. The summed E-state index contributed by atoms with van der Waals surface area (Å²) in [5.74, 6) is 1.13. The van der Waals surface area contributed by atoms with E-state index in [0.29, 0.717) is 11.8 Å². The van der Waals surface area contributed by atoms with Crippen molar-refractivity contribution < 1.29 is 4.74 Å². The number of nitrogens with two attached hydrogens (primary N) is 1. The van der Waals surface area contributed by atoms with Gasteiger partial charge in [-0.1, -0.05) is 43.3 Å². The van der Waals surface area contributed by atoms with Crippen LogP contribution >= 0.6 is 11.9 Å². The number of hydrogen-bond acceptors (Lipinski definition) is 6. The fraction of sp³-hybridized carbons (Fsp3) is 0.308. The molecule has 2 aromatic heterocycles. The first-order valence-electron chi connectivity index (χ1n) is 11.1. The van der Waals surface area contributed by atoms with Gasteiger partial charge in [0.05, 0.1) is 29.1 Å². The number of nitrogens with zero attached hydrogens (tertiary/aromatic N) is 3. The number of aromatic nitrogens is 3. The lowest BCUT2D eigenvalue weighted by Gasteiger charge is -2.20. The van der Waals surface area contributed by atoms with E-state index in [2.05, 4.69) is 89.4 Å². The Kier molecular flexibility index (Phi) is 6.63. The average molecular weight is 462 g/mol. The number of imidazole rings is 1. The summed E-state index contributed by atoms with van der Waals surface area (Å²) in [6.07, 6.45) is 2.76. The van der Waals surface area contributed by atoms with Crippen molar-refractivity contribution in [3.8, 4) is 17.0 Å². The van der Waals surface area contributed by atoms with Crippen LogP contribution in [0.1, 0.15) is 45.7 Å². The van der Waals surface area contributed by atoms with E-state index in [4.69, 9.17) is 10.5 Å². The molecule has 1 atom stereocenters. The van der Waals surface area contributed by atoms with Crippen molar-refractivity contribution in [2.24, 2.45) is 0 Å². The molecule has 0 amide bonds. The first-order chi connectivity index (χ1) is 15.8. The molecule has 3 N–H and O–H groups in total. The van der Waals surface area contributed by atoms with Gasteiger partial charge in [0.25, 0.3) is 0 Å². The van der Waals surface area contributed by atoms with E-state index in [1.54, 1.807) is 7.11 Å². The molecule has 4 rings (SSSR count). The lowest BCUT2D eigenvalue weighted by Crippen LogP contribution is -2.29. The number of fused-ring (bicyclic) bond motifs is 1. The molecule has 0 radical (unpaired) electrons. The highest BCUT2D eigenvalue weighted by Gasteiger charge is 2.19. The number of anilines is 1. The number of pyridine rings is 1. The minimum Gasteiger partial charge on any atom is -0.480 e. The van der Waals surface area contributed by atoms with Crippen LogP contribution in [0, 0.1) is 0 Å². The molecule has 7 heteroatoms. The number of hydrogen-bond donors (Lipinski definition) is 2. The average Bonchev–Trinajstić information content (AvgIpc) is 3.13. The lowest BCUT2D eigenvalue weighted by molar-refractivity contribution is 0.387. The van der Waals surface area contributed by atoms with E-state index in [9.17, 15) is 0 Å². The summed E-state index contributed by atoms with van der Waals surface area (Å²) in [6, 6.07) is 18.9. The smallest absolute Gasteiger partial charge is 0.228 e. The molecular formula is C26H31N5OS. The van der Waals surface area contributed by atoms with E-state index in [1.165, 1.54) is 17.5 Å². The first-order valence-corrected chi connectivity index (χ1v) is 11.9. The van der Waals surface area contributed by atoms with E-state index in [0.717, 1.165) is 33.5 Å². The number of ether oxygens (including phenoxy) is 1.